The molecular formula is C17H14BrNO2. The molecule has 0 aliphatic carbocycles. The Morgan fingerprint density at radius 2 is 1.95 bits per heavy atom. The topological polar surface area (TPSA) is 42.1 Å². The van der Waals surface area contributed by atoms with E-state index in [2.05, 4.69) is 20.9 Å². The van der Waals surface area contributed by atoms with Gasteiger partial charge in [-0.3, -0.25) is 0 Å². The van der Waals surface area contributed by atoms with Gasteiger partial charge in [0.1, 0.15) is 5.69 Å². The number of hydrogen-bond acceptors (Lipinski definition) is 2. The number of nitrogens with one attached hydrogen (secondary N) is 1. The van der Waals surface area contributed by atoms with E-state index in [-0.39, 0.29) is 5.97 Å². The molecule has 0 unspecified atom stereocenters. The summed E-state index contributed by atoms with van der Waals surface area (Å²) in [6.07, 6.45) is 0. The number of carbonyl (C=O) groups excluding carboxylic acids is 1. The molecule has 4 heteroatoms. The van der Waals surface area contributed by atoms with Crippen molar-refractivity contribution < 1.29 is 9.53 Å². The molecule has 1 N–H and O–H groups in total. The van der Waals surface area contributed by atoms with Crippen molar-refractivity contribution >= 4 is 32.8 Å². The minimum Gasteiger partial charge on any atom is -0.461 e. The summed E-state index contributed by atoms with van der Waals surface area (Å²) < 4.78 is 6.14. The van der Waals surface area contributed by atoms with E-state index in [4.69, 9.17) is 4.74 Å². The number of aromatic amines is 1. The molecule has 106 valence electrons. The third kappa shape index (κ3) is 2.59. The predicted molar refractivity (Wildman–Crippen MR) is 87.4 cm³/mol. The van der Waals surface area contributed by atoms with Crippen LogP contribution in [-0.4, -0.2) is 17.6 Å². The summed E-state index contributed by atoms with van der Waals surface area (Å²) in [6, 6.07) is 15.8. The maximum Gasteiger partial charge on any atom is 0.355 e. The molecule has 0 spiro atoms. The van der Waals surface area contributed by atoms with Gasteiger partial charge in [-0.15, -0.1) is 0 Å². The smallest absolute Gasteiger partial charge is 0.355 e. The van der Waals surface area contributed by atoms with Gasteiger partial charge in [0.2, 0.25) is 0 Å². The highest BCUT2D eigenvalue weighted by Crippen LogP contribution is 2.34. The molecule has 1 aromatic heterocycles. The highest BCUT2D eigenvalue weighted by atomic mass is 79.9. The number of halogens is 1. The van der Waals surface area contributed by atoms with Crippen molar-refractivity contribution in [1.82, 2.24) is 4.98 Å². The van der Waals surface area contributed by atoms with Crippen molar-refractivity contribution in [1.29, 1.82) is 0 Å². The number of H-pyrrole nitrogens is 1. The number of benzene rings is 2. The summed E-state index contributed by atoms with van der Waals surface area (Å²) in [4.78, 5) is 15.4. The van der Waals surface area contributed by atoms with Crippen LogP contribution in [0.1, 0.15) is 17.4 Å². The van der Waals surface area contributed by atoms with Crippen molar-refractivity contribution in [3.8, 4) is 11.1 Å². The first-order chi connectivity index (χ1) is 10.2. The van der Waals surface area contributed by atoms with Crippen LogP contribution in [-0.2, 0) is 4.74 Å². The molecule has 2 aromatic carbocycles. The number of hydrogen-bond donors (Lipinski definition) is 1. The highest BCUT2D eigenvalue weighted by molar-refractivity contribution is 9.10. The minimum atomic E-state index is -0.330. The van der Waals surface area contributed by atoms with Gasteiger partial charge in [0, 0.05) is 20.9 Å². The van der Waals surface area contributed by atoms with Gasteiger partial charge in [-0.1, -0.05) is 46.3 Å². The van der Waals surface area contributed by atoms with Gasteiger partial charge in [0.25, 0.3) is 0 Å². The monoisotopic (exact) mass is 343 g/mol. The molecule has 0 fully saturated rings. The van der Waals surface area contributed by atoms with E-state index in [1.807, 2.05) is 48.5 Å². The lowest BCUT2D eigenvalue weighted by molar-refractivity contribution is 0.0521. The zero-order valence-electron chi connectivity index (χ0n) is 11.5. The summed E-state index contributed by atoms with van der Waals surface area (Å²) in [6.45, 7) is 2.16. The molecule has 3 aromatic rings. The third-order valence-corrected chi connectivity index (χ3v) is 3.80. The molecule has 0 radical (unpaired) electrons. The Bertz CT molecular complexity index is 793. The van der Waals surface area contributed by atoms with Crippen molar-refractivity contribution in [3.63, 3.8) is 0 Å². The normalized spacial score (nSPS) is 10.8. The number of carbonyl (C=O) groups is 1. The summed E-state index contributed by atoms with van der Waals surface area (Å²) in [5.41, 5.74) is 3.28. The van der Waals surface area contributed by atoms with Crippen molar-refractivity contribution in [2.24, 2.45) is 0 Å². The second kappa shape index (κ2) is 5.74. The standard InChI is InChI=1S/C17H14BrNO2/c1-2-21-17(20)16-15(11-6-4-3-5-7-11)13-10-12(18)8-9-14(13)19-16/h3-10,19H,2H2,1H3. The van der Waals surface area contributed by atoms with Crippen LogP contribution in [0.15, 0.2) is 53.0 Å². The highest BCUT2D eigenvalue weighted by Gasteiger charge is 2.20. The molecular weight excluding hydrogens is 330 g/mol. The summed E-state index contributed by atoms with van der Waals surface area (Å²) in [7, 11) is 0. The third-order valence-electron chi connectivity index (χ3n) is 3.30. The summed E-state index contributed by atoms with van der Waals surface area (Å²) >= 11 is 3.49. The van der Waals surface area contributed by atoms with Crippen molar-refractivity contribution in [2.75, 3.05) is 6.61 Å². The van der Waals surface area contributed by atoms with Crippen molar-refractivity contribution in [2.45, 2.75) is 6.92 Å². The van der Waals surface area contributed by atoms with E-state index in [0.29, 0.717) is 12.3 Å². The lowest BCUT2D eigenvalue weighted by atomic mass is 10.0. The lowest BCUT2D eigenvalue weighted by Crippen LogP contribution is -2.06. The van der Waals surface area contributed by atoms with Gasteiger partial charge >= 0.3 is 5.97 Å². The van der Waals surface area contributed by atoms with E-state index in [9.17, 15) is 4.79 Å². The van der Waals surface area contributed by atoms with Crippen molar-refractivity contribution in [3.05, 3.63) is 58.7 Å². The van der Waals surface area contributed by atoms with Crippen LogP contribution in [0.5, 0.6) is 0 Å². The Labute approximate surface area is 131 Å². The summed E-state index contributed by atoms with van der Waals surface area (Å²) in [5, 5.41) is 0.999. The second-order valence-corrected chi connectivity index (χ2v) is 5.57. The fraction of sp³-hybridized carbons (Fsp3) is 0.118. The van der Waals surface area contributed by atoms with Gasteiger partial charge in [0.05, 0.1) is 6.61 Å². The maximum atomic E-state index is 12.2. The fourth-order valence-corrected chi connectivity index (χ4v) is 2.79. The van der Waals surface area contributed by atoms with Crippen LogP contribution in [0.2, 0.25) is 0 Å². The van der Waals surface area contributed by atoms with Crippen LogP contribution in [0, 0.1) is 0 Å². The number of rotatable bonds is 3. The largest absolute Gasteiger partial charge is 0.461 e. The molecule has 21 heavy (non-hydrogen) atoms. The van der Waals surface area contributed by atoms with Gasteiger partial charge in [0.15, 0.2) is 0 Å². The second-order valence-electron chi connectivity index (χ2n) is 4.65. The average Bonchev–Trinajstić information content (AvgIpc) is 2.87. The minimum absolute atomic E-state index is 0.330. The van der Waals surface area contributed by atoms with E-state index >= 15 is 0 Å². The molecule has 0 saturated carbocycles. The van der Waals surface area contributed by atoms with Crippen LogP contribution in [0.4, 0.5) is 0 Å². The summed E-state index contributed by atoms with van der Waals surface area (Å²) in [5.74, 6) is -0.330. The average molecular weight is 344 g/mol. The van der Waals surface area contributed by atoms with E-state index in [0.717, 1.165) is 26.5 Å². The molecule has 0 aliphatic heterocycles. The molecule has 0 amide bonds. The zero-order chi connectivity index (χ0) is 14.8. The molecule has 3 nitrogen and oxygen atoms in total. The maximum absolute atomic E-state index is 12.2. The first-order valence-corrected chi connectivity index (χ1v) is 7.53. The number of ether oxygens (including phenoxy) is 1. The van der Waals surface area contributed by atoms with Crippen LogP contribution in [0.3, 0.4) is 0 Å². The zero-order valence-corrected chi connectivity index (χ0v) is 13.1. The number of fused-ring (bicyclic) bond motifs is 1. The molecule has 0 aliphatic rings. The van der Waals surface area contributed by atoms with E-state index in [1.165, 1.54) is 0 Å². The quantitative estimate of drug-likeness (QED) is 0.695. The van der Waals surface area contributed by atoms with Gasteiger partial charge < -0.3 is 9.72 Å². The molecule has 3 rings (SSSR count). The van der Waals surface area contributed by atoms with Gasteiger partial charge in [-0.2, -0.15) is 0 Å². The van der Waals surface area contributed by atoms with Crippen LogP contribution < -0.4 is 0 Å². The van der Waals surface area contributed by atoms with E-state index in [1.54, 1.807) is 6.92 Å². The fourth-order valence-electron chi connectivity index (χ4n) is 2.43. The Hall–Kier alpha value is -2.07. The molecule has 0 atom stereocenters. The molecule has 0 saturated heterocycles. The van der Waals surface area contributed by atoms with Crippen LogP contribution in [0.25, 0.3) is 22.0 Å². The first-order valence-electron chi connectivity index (χ1n) is 6.74. The molecule has 1 heterocycles. The number of esters is 1. The lowest BCUT2D eigenvalue weighted by Gasteiger charge is -2.05. The first kappa shape index (κ1) is 13.9. The SMILES string of the molecule is CCOC(=O)c1[nH]c2ccc(Br)cc2c1-c1ccccc1. The number of aromatic nitrogens is 1. The Balaban J connectivity index is 2.29. The Kier molecular flexibility index (Phi) is 3.80. The Morgan fingerprint density at radius 3 is 2.67 bits per heavy atom. The van der Waals surface area contributed by atoms with Crippen LogP contribution >= 0.6 is 15.9 Å². The van der Waals surface area contributed by atoms with E-state index < -0.39 is 0 Å². The molecule has 0 bridgehead atoms. The Morgan fingerprint density at radius 1 is 1.19 bits per heavy atom. The van der Waals surface area contributed by atoms with Gasteiger partial charge in [-0.05, 0) is 30.7 Å². The van der Waals surface area contributed by atoms with Gasteiger partial charge in [-0.25, -0.2) is 4.79 Å². The predicted octanol–water partition coefficient (Wildman–Crippen LogP) is 4.77.